The average Bonchev–Trinajstić information content (AvgIpc) is 2.81. The highest BCUT2D eigenvalue weighted by atomic mass is 32.2. The summed E-state index contributed by atoms with van der Waals surface area (Å²) in [7, 11) is -4.21. The number of amides is 1. The third-order valence-corrected chi connectivity index (χ3v) is 6.79. The van der Waals surface area contributed by atoms with E-state index in [2.05, 4.69) is 20.0 Å². The number of rotatable bonds is 4. The number of nitrogens with zero attached hydrogens (tertiary/aromatic N) is 3. The number of nitrogens with one attached hydrogen (secondary N) is 2. The van der Waals surface area contributed by atoms with Gasteiger partial charge in [0.05, 0.1) is 17.6 Å². The van der Waals surface area contributed by atoms with Crippen LogP contribution in [0.2, 0.25) is 0 Å². The van der Waals surface area contributed by atoms with Crippen molar-refractivity contribution in [3.8, 4) is 5.75 Å². The number of hydrogen-bond donors (Lipinski definition) is 3. The Bertz CT molecular complexity index is 1700. The molecule has 0 radical (unpaired) electrons. The molecular formula is C24H19N5O5S. The Morgan fingerprint density at radius 3 is 2.63 bits per heavy atom. The molecule has 2 aromatic heterocycles. The maximum absolute atomic E-state index is 13.6. The summed E-state index contributed by atoms with van der Waals surface area (Å²) < 4.78 is 31.0. The van der Waals surface area contributed by atoms with Gasteiger partial charge in [0.2, 0.25) is 5.91 Å². The second-order valence-electron chi connectivity index (χ2n) is 7.91. The molecule has 3 N–H and O–H groups in total. The number of anilines is 2. The normalized spacial score (nSPS) is 14.0. The molecule has 1 aliphatic heterocycles. The van der Waals surface area contributed by atoms with Crippen LogP contribution >= 0.6 is 0 Å². The Labute approximate surface area is 199 Å². The molecular weight excluding hydrogens is 470 g/mol. The summed E-state index contributed by atoms with van der Waals surface area (Å²) in [5.41, 5.74) is 0.556. The second-order valence-corrected chi connectivity index (χ2v) is 9.48. The fourth-order valence-corrected chi connectivity index (χ4v) is 5.06. The van der Waals surface area contributed by atoms with E-state index >= 15 is 0 Å². The van der Waals surface area contributed by atoms with Gasteiger partial charge in [-0.25, -0.2) is 4.98 Å². The highest BCUT2D eigenvalue weighted by Crippen LogP contribution is 2.33. The quantitative estimate of drug-likeness (QED) is 0.400. The Morgan fingerprint density at radius 1 is 1.11 bits per heavy atom. The molecule has 0 fully saturated rings. The first-order chi connectivity index (χ1) is 16.7. The van der Waals surface area contributed by atoms with E-state index in [1.807, 2.05) is 30.3 Å². The van der Waals surface area contributed by atoms with Crippen LogP contribution in [0.15, 0.2) is 80.9 Å². The van der Waals surface area contributed by atoms with Crippen molar-refractivity contribution >= 4 is 44.2 Å². The van der Waals surface area contributed by atoms with Gasteiger partial charge in [0.1, 0.15) is 21.9 Å². The van der Waals surface area contributed by atoms with Crippen molar-refractivity contribution in [2.75, 3.05) is 10.6 Å². The lowest BCUT2D eigenvalue weighted by Crippen LogP contribution is -2.33. The zero-order valence-electron chi connectivity index (χ0n) is 18.4. The molecule has 5 rings (SSSR count). The van der Waals surface area contributed by atoms with Gasteiger partial charge in [-0.15, -0.1) is 4.40 Å². The van der Waals surface area contributed by atoms with E-state index in [0.29, 0.717) is 5.69 Å². The molecule has 4 aromatic rings. The number of sulfonamides is 1. The van der Waals surface area contributed by atoms with Gasteiger partial charge in [-0.1, -0.05) is 30.3 Å². The Kier molecular flexibility index (Phi) is 5.33. The monoisotopic (exact) mass is 489 g/mol. The van der Waals surface area contributed by atoms with Gasteiger partial charge in [0.15, 0.2) is 5.84 Å². The highest BCUT2D eigenvalue weighted by Gasteiger charge is 2.30. The van der Waals surface area contributed by atoms with E-state index in [1.54, 1.807) is 12.1 Å². The molecule has 0 spiro atoms. The minimum atomic E-state index is -4.21. The number of carbonyl (C=O) groups is 1. The molecule has 0 unspecified atom stereocenters. The summed E-state index contributed by atoms with van der Waals surface area (Å²) in [5, 5.41) is 16.7. The summed E-state index contributed by atoms with van der Waals surface area (Å²) in [6.07, 6.45) is 1.50. The molecule has 0 aliphatic carbocycles. The summed E-state index contributed by atoms with van der Waals surface area (Å²) in [6.45, 7) is 1.47. The fraction of sp³-hybridized carbons (Fsp3) is 0.0833. The van der Waals surface area contributed by atoms with Gasteiger partial charge in [-0.2, -0.15) is 8.42 Å². The lowest BCUT2D eigenvalue weighted by molar-refractivity contribution is -0.114. The fourth-order valence-electron chi connectivity index (χ4n) is 3.95. The molecule has 2 aromatic carbocycles. The van der Waals surface area contributed by atoms with E-state index in [0.717, 1.165) is 5.56 Å². The van der Waals surface area contributed by atoms with E-state index in [1.165, 1.54) is 35.9 Å². The minimum absolute atomic E-state index is 0.112. The number of amidine groups is 1. The zero-order valence-corrected chi connectivity index (χ0v) is 19.2. The van der Waals surface area contributed by atoms with E-state index in [9.17, 15) is 23.1 Å². The first-order valence-corrected chi connectivity index (χ1v) is 12.0. The minimum Gasteiger partial charge on any atom is -0.506 e. The smallest absolute Gasteiger partial charge is 0.286 e. The van der Waals surface area contributed by atoms with Crippen LogP contribution in [0.4, 0.5) is 11.4 Å². The number of aromatic hydroxyl groups is 1. The molecule has 0 saturated carbocycles. The number of pyridine rings is 2. The lowest BCUT2D eigenvalue weighted by atomic mass is 10.1. The van der Waals surface area contributed by atoms with Crippen molar-refractivity contribution in [1.29, 1.82) is 0 Å². The van der Waals surface area contributed by atoms with E-state index in [-0.39, 0.29) is 45.5 Å². The third kappa shape index (κ3) is 4.02. The average molecular weight is 490 g/mol. The van der Waals surface area contributed by atoms with Crippen LogP contribution in [-0.2, 0) is 21.4 Å². The molecule has 0 atom stereocenters. The summed E-state index contributed by atoms with van der Waals surface area (Å²) >= 11 is 0. The lowest BCUT2D eigenvalue weighted by Gasteiger charge is -2.21. The second kappa shape index (κ2) is 8.37. The maximum atomic E-state index is 13.6. The highest BCUT2D eigenvalue weighted by molar-refractivity contribution is 7.90. The Hall–Kier alpha value is -4.51. The van der Waals surface area contributed by atoms with Gasteiger partial charge in [0, 0.05) is 18.8 Å². The van der Waals surface area contributed by atoms with Crippen molar-refractivity contribution in [2.45, 2.75) is 18.4 Å². The van der Waals surface area contributed by atoms with E-state index in [4.69, 9.17) is 0 Å². The number of fused-ring (bicyclic) bond motifs is 2. The van der Waals surface area contributed by atoms with Crippen molar-refractivity contribution in [3.63, 3.8) is 0 Å². The van der Waals surface area contributed by atoms with Crippen LogP contribution in [0.25, 0.3) is 11.0 Å². The van der Waals surface area contributed by atoms with Crippen LogP contribution < -0.4 is 16.2 Å². The first kappa shape index (κ1) is 22.3. The van der Waals surface area contributed by atoms with Crippen molar-refractivity contribution in [3.05, 3.63) is 88.3 Å². The van der Waals surface area contributed by atoms with Gasteiger partial charge in [0.25, 0.3) is 15.6 Å². The van der Waals surface area contributed by atoms with Crippen molar-refractivity contribution in [2.24, 2.45) is 4.40 Å². The predicted octanol–water partition coefficient (Wildman–Crippen LogP) is 2.67. The molecule has 1 aliphatic rings. The number of benzene rings is 2. The number of aromatic nitrogens is 2. The number of hydrogen-bond acceptors (Lipinski definition) is 7. The number of carbonyl (C=O) groups excluding carboxylic acids is 1. The van der Waals surface area contributed by atoms with Crippen LogP contribution in [0.3, 0.4) is 0 Å². The SMILES string of the molecule is CC(=O)Nc1ccc2c(c1)NC(c1c(O)c3cccnc3n(Cc3ccccc3)c1=O)=NS2(=O)=O. The molecule has 0 bridgehead atoms. The largest absolute Gasteiger partial charge is 0.506 e. The van der Waals surface area contributed by atoms with E-state index < -0.39 is 21.3 Å². The van der Waals surface area contributed by atoms with Gasteiger partial charge in [-0.05, 0) is 35.9 Å². The summed E-state index contributed by atoms with van der Waals surface area (Å²) in [4.78, 5) is 29.2. The van der Waals surface area contributed by atoms with Gasteiger partial charge >= 0.3 is 0 Å². The van der Waals surface area contributed by atoms with Crippen LogP contribution in [-0.4, -0.2) is 34.8 Å². The van der Waals surface area contributed by atoms with Crippen LogP contribution in [0.5, 0.6) is 5.75 Å². The first-order valence-electron chi connectivity index (χ1n) is 10.5. The molecule has 1 amide bonds. The Balaban J connectivity index is 1.71. The molecule has 0 saturated heterocycles. The van der Waals surface area contributed by atoms with Gasteiger partial charge < -0.3 is 15.7 Å². The molecule has 10 nitrogen and oxygen atoms in total. The molecule has 3 heterocycles. The van der Waals surface area contributed by atoms with Crippen molar-refractivity contribution in [1.82, 2.24) is 9.55 Å². The van der Waals surface area contributed by atoms with Crippen LogP contribution in [0, 0.1) is 0 Å². The van der Waals surface area contributed by atoms with Gasteiger partial charge in [-0.3, -0.25) is 14.2 Å². The third-order valence-electron chi connectivity index (χ3n) is 5.46. The van der Waals surface area contributed by atoms with Crippen molar-refractivity contribution < 1.29 is 18.3 Å². The van der Waals surface area contributed by atoms with Crippen LogP contribution in [0.1, 0.15) is 18.1 Å². The molecule has 35 heavy (non-hydrogen) atoms. The standard InChI is InChI=1S/C24H19N5O5S/c1-14(30)26-16-9-10-19-18(12-16)27-22(28-35(19,33)34)20-21(31)17-8-5-11-25-23(17)29(24(20)32)13-15-6-3-2-4-7-15/h2-12,31H,13H2,1H3,(H,26,30)(H,27,28). The molecule has 11 heteroatoms. The predicted molar refractivity (Wildman–Crippen MR) is 131 cm³/mol. The summed E-state index contributed by atoms with van der Waals surface area (Å²) in [5.74, 6) is -1.10. The Morgan fingerprint density at radius 2 is 1.89 bits per heavy atom. The topological polar surface area (TPSA) is 143 Å². The summed E-state index contributed by atoms with van der Waals surface area (Å²) in [6, 6.07) is 16.6. The maximum Gasteiger partial charge on any atom is 0.286 e. The molecule has 176 valence electrons. The zero-order chi connectivity index (χ0) is 24.7.